The smallest absolute Gasteiger partial charge is 0.410 e. The van der Waals surface area contributed by atoms with Gasteiger partial charge in [-0.1, -0.05) is 0 Å². The van der Waals surface area contributed by atoms with Gasteiger partial charge in [0.1, 0.15) is 11.9 Å². The lowest BCUT2D eigenvalue weighted by Gasteiger charge is -2.23. The van der Waals surface area contributed by atoms with Crippen LogP contribution >= 0.6 is 0 Å². The molecule has 2 rings (SSSR count). The van der Waals surface area contributed by atoms with E-state index >= 15 is 0 Å². The van der Waals surface area contributed by atoms with E-state index in [0.717, 1.165) is 17.0 Å². The molecule has 0 spiro atoms. The first-order valence-electron chi connectivity index (χ1n) is 5.64. The molecule has 0 saturated heterocycles. The Kier molecular flexibility index (Phi) is 2.77. The van der Waals surface area contributed by atoms with Crippen molar-refractivity contribution < 1.29 is 9.53 Å². The first-order chi connectivity index (χ1) is 7.87. The van der Waals surface area contributed by atoms with Crippen LogP contribution in [0.1, 0.15) is 37.7 Å². The summed E-state index contributed by atoms with van der Waals surface area (Å²) in [5, 5.41) is 0. The molecule has 5 heteroatoms. The van der Waals surface area contributed by atoms with E-state index in [1.807, 2.05) is 27.7 Å². The molecule has 1 aliphatic rings. The monoisotopic (exact) mass is 235 g/mol. The molecule has 1 amide bonds. The molecule has 0 N–H and O–H groups in total. The van der Waals surface area contributed by atoms with E-state index < -0.39 is 5.60 Å². The molecule has 0 fully saturated rings. The lowest BCUT2D eigenvalue weighted by molar-refractivity contribution is 0.0240. The third-order valence-corrected chi connectivity index (χ3v) is 2.59. The van der Waals surface area contributed by atoms with Crippen LogP contribution in [0.15, 0.2) is 6.33 Å². The first kappa shape index (κ1) is 11.8. The van der Waals surface area contributed by atoms with Gasteiger partial charge in [0.15, 0.2) is 0 Å². The van der Waals surface area contributed by atoms with E-state index in [1.165, 1.54) is 6.33 Å². The molecular formula is C12H17N3O2. The second-order valence-electron chi connectivity index (χ2n) is 5.22. The van der Waals surface area contributed by atoms with Crippen LogP contribution in [0.5, 0.6) is 0 Å². The Labute approximate surface area is 101 Å². The average molecular weight is 235 g/mol. The third kappa shape index (κ3) is 2.54. The maximum atomic E-state index is 11.9. The number of rotatable bonds is 0. The van der Waals surface area contributed by atoms with E-state index in [4.69, 9.17) is 4.74 Å². The molecule has 1 aliphatic heterocycles. The Morgan fingerprint density at radius 1 is 1.35 bits per heavy atom. The van der Waals surface area contributed by atoms with Gasteiger partial charge in [0.05, 0.1) is 18.8 Å². The van der Waals surface area contributed by atoms with Crippen molar-refractivity contribution in [2.75, 3.05) is 0 Å². The molecule has 17 heavy (non-hydrogen) atoms. The van der Waals surface area contributed by atoms with Gasteiger partial charge in [-0.2, -0.15) is 0 Å². The quantitative estimate of drug-likeness (QED) is 0.690. The average Bonchev–Trinajstić information content (AvgIpc) is 2.60. The number of ether oxygens (including phenoxy) is 1. The molecular weight excluding hydrogens is 218 g/mol. The molecule has 1 aromatic heterocycles. The number of hydrogen-bond donors (Lipinski definition) is 0. The Balaban J connectivity index is 2.10. The second-order valence-corrected chi connectivity index (χ2v) is 5.22. The van der Waals surface area contributed by atoms with Crippen LogP contribution in [-0.2, 0) is 17.8 Å². The van der Waals surface area contributed by atoms with Crippen molar-refractivity contribution in [2.45, 2.75) is 46.4 Å². The fraction of sp³-hybridized carbons (Fsp3) is 0.583. The highest BCUT2D eigenvalue weighted by Crippen LogP contribution is 2.24. The molecule has 2 heterocycles. The van der Waals surface area contributed by atoms with Crippen molar-refractivity contribution in [1.82, 2.24) is 14.9 Å². The number of nitrogens with zero attached hydrogens (tertiary/aromatic N) is 3. The Bertz CT molecular complexity index is 452. The zero-order valence-electron chi connectivity index (χ0n) is 10.6. The standard InChI is InChI=1S/C12H17N3O2/c1-8-9-5-15(6-10(9)14-7-13-8)11(16)17-12(2,3)4/h7H,5-6H2,1-4H3. The summed E-state index contributed by atoms with van der Waals surface area (Å²) in [5.41, 5.74) is 2.43. The first-order valence-corrected chi connectivity index (χ1v) is 5.64. The number of carbonyl (C=O) groups is 1. The van der Waals surface area contributed by atoms with Gasteiger partial charge in [0.25, 0.3) is 0 Å². The highest BCUT2D eigenvalue weighted by atomic mass is 16.6. The van der Waals surface area contributed by atoms with Crippen LogP contribution in [0.4, 0.5) is 4.79 Å². The third-order valence-electron chi connectivity index (χ3n) is 2.59. The largest absolute Gasteiger partial charge is 0.444 e. The number of carbonyl (C=O) groups excluding carboxylic acids is 1. The van der Waals surface area contributed by atoms with Crippen molar-refractivity contribution in [3.05, 3.63) is 23.3 Å². The number of aryl methyl sites for hydroxylation is 1. The van der Waals surface area contributed by atoms with Gasteiger partial charge in [0.2, 0.25) is 0 Å². The summed E-state index contributed by atoms with van der Waals surface area (Å²) in [4.78, 5) is 21.9. The molecule has 92 valence electrons. The van der Waals surface area contributed by atoms with Crippen LogP contribution in [0.3, 0.4) is 0 Å². The van der Waals surface area contributed by atoms with E-state index in [9.17, 15) is 4.79 Å². The molecule has 5 nitrogen and oxygen atoms in total. The minimum absolute atomic E-state index is 0.296. The summed E-state index contributed by atoms with van der Waals surface area (Å²) < 4.78 is 5.33. The van der Waals surface area contributed by atoms with Gasteiger partial charge in [-0.3, -0.25) is 4.90 Å². The van der Waals surface area contributed by atoms with Gasteiger partial charge in [-0.25, -0.2) is 14.8 Å². The summed E-state index contributed by atoms with van der Waals surface area (Å²) >= 11 is 0. The van der Waals surface area contributed by atoms with Gasteiger partial charge < -0.3 is 4.74 Å². The van der Waals surface area contributed by atoms with Crippen LogP contribution in [0.2, 0.25) is 0 Å². The number of amides is 1. The van der Waals surface area contributed by atoms with Crippen molar-refractivity contribution in [1.29, 1.82) is 0 Å². The number of hydrogen-bond acceptors (Lipinski definition) is 4. The Morgan fingerprint density at radius 2 is 2.06 bits per heavy atom. The maximum Gasteiger partial charge on any atom is 0.410 e. The zero-order chi connectivity index (χ0) is 12.6. The van der Waals surface area contributed by atoms with Crippen LogP contribution in [-0.4, -0.2) is 26.6 Å². The number of fused-ring (bicyclic) bond motifs is 1. The van der Waals surface area contributed by atoms with E-state index in [2.05, 4.69) is 9.97 Å². The molecule has 0 bridgehead atoms. The minimum Gasteiger partial charge on any atom is -0.444 e. The lowest BCUT2D eigenvalue weighted by atomic mass is 10.2. The summed E-state index contributed by atoms with van der Waals surface area (Å²) in [7, 11) is 0. The maximum absolute atomic E-state index is 11.9. The Morgan fingerprint density at radius 3 is 2.65 bits per heavy atom. The second kappa shape index (κ2) is 3.98. The summed E-state index contributed by atoms with van der Waals surface area (Å²) in [6.07, 6.45) is 1.24. The van der Waals surface area contributed by atoms with Gasteiger partial charge in [0, 0.05) is 11.3 Å². The predicted molar refractivity (Wildman–Crippen MR) is 62.3 cm³/mol. The SMILES string of the molecule is Cc1ncnc2c1CN(C(=O)OC(C)(C)C)C2. The van der Waals surface area contributed by atoms with E-state index in [-0.39, 0.29) is 6.09 Å². The van der Waals surface area contributed by atoms with Crippen LogP contribution in [0.25, 0.3) is 0 Å². The summed E-state index contributed by atoms with van der Waals surface area (Å²) in [5.74, 6) is 0. The van der Waals surface area contributed by atoms with Crippen LogP contribution in [0, 0.1) is 6.92 Å². The highest BCUT2D eigenvalue weighted by molar-refractivity contribution is 5.69. The molecule has 0 aliphatic carbocycles. The molecule has 0 saturated carbocycles. The fourth-order valence-corrected chi connectivity index (χ4v) is 1.77. The Hall–Kier alpha value is -1.65. The minimum atomic E-state index is -0.466. The van der Waals surface area contributed by atoms with Crippen molar-refractivity contribution in [3.8, 4) is 0 Å². The van der Waals surface area contributed by atoms with Gasteiger partial charge >= 0.3 is 6.09 Å². The molecule has 0 unspecified atom stereocenters. The fourth-order valence-electron chi connectivity index (χ4n) is 1.77. The predicted octanol–water partition coefficient (Wildman–Crippen LogP) is 2.04. The number of aromatic nitrogens is 2. The highest BCUT2D eigenvalue weighted by Gasteiger charge is 2.29. The van der Waals surface area contributed by atoms with Crippen molar-refractivity contribution in [2.24, 2.45) is 0 Å². The summed E-state index contributed by atoms with van der Waals surface area (Å²) in [6.45, 7) is 8.56. The van der Waals surface area contributed by atoms with E-state index in [1.54, 1.807) is 4.90 Å². The molecule has 0 aromatic carbocycles. The summed E-state index contributed by atoms with van der Waals surface area (Å²) in [6, 6.07) is 0. The van der Waals surface area contributed by atoms with Crippen molar-refractivity contribution in [3.63, 3.8) is 0 Å². The normalized spacial score (nSPS) is 14.7. The van der Waals surface area contributed by atoms with E-state index in [0.29, 0.717) is 13.1 Å². The lowest BCUT2D eigenvalue weighted by Crippen LogP contribution is -2.33. The molecule has 0 radical (unpaired) electrons. The topological polar surface area (TPSA) is 55.3 Å². The van der Waals surface area contributed by atoms with Gasteiger partial charge in [-0.15, -0.1) is 0 Å². The molecule has 0 atom stereocenters. The zero-order valence-corrected chi connectivity index (χ0v) is 10.6. The van der Waals surface area contributed by atoms with Crippen molar-refractivity contribution >= 4 is 6.09 Å². The van der Waals surface area contributed by atoms with Crippen LogP contribution < -0.4 is 0 Å². The van der Waals surface area contributed by atoms with Gasteiger partial charge in [-0.05, 0) is 27.7 Å². The molecule has 1 aromatic rings.